The van der Waals surface area contributed by atoms with E-state index in [-0.39, 0.29) is 17.0 Å². The van der Waals surface area contributed by atoms with Crippen molar-refractivity contribution in [2.75, 3.05) is 12.3 Å². The normalized spacial score (nSPS) is 13.8. The number of nitrogen functional groups attached to an aromatic ring is 1. The van der Waals surface area contributed by atoms with Gasteiger partial charge in [-0.3, -0.25) is 0 Å². The van der Waals surface area contributed by atoms with Crippen molar-refractivity contribution in [1.29, 1.82) is 0 Å². The fourth-order valence-electron chi connectivity index (χ4n) is 3.65. The number of anilines is 1. The maximum atomic E-state index is 12.9. The Balaban J connectivity index is 1.43. The number of para-hydroxylation sites is 1. The lowest BCUT2D eigenvalue weighted by Crippen LogP contribution is -2.40. The molecule has 0 atom stereocenters. The van der Waals surface area contributed by atoms with Gasteiger partial charge < -0.3 is 20.2 Å². The van der Waals surface area contributed by atoms with E-state index in [9.17, 15) is 9.59 Å². The molecule has 0 spiro atoms. The molecule has 1 amide bonds. The van der Waals surface area contributed by atoms with Crippen molar-refractivity contribution < 1.29 is 19.2 Å². The second-order valence-corrected chi connectivity index (χ2v) is 8.72. The first-order chi connectivity index (χ1) is 15.7. The zero-order valence-corrected chi connectivity index (χ0v) is 18.3. The number of hydrogen-bond donors (Lipinski definition) is 1. The molecule has 33 heavy (non-hydrogen) atoms. The first-order valence-corrected chi connectivity index (χ1v) is 10.4. The van der Waals surface area contributed by atoms with Gasteiger partial charge in [0, 0.05) is 24.7 Å². The number of carbonyl (C=O) groups is 2. The Bertz CT molecular complexity index is 1400. The van der Waals surface area contributed by atoms with Crippen molar-refractivity contribution in [3.8, 4) is 0 Å². The van der Waals surface area contributed by atoms with Crippen LogP contribution in [-0.2, 0) is 17.7 Å². The molecule has 4 heterocycles. The van der Waals surface area contributed by atoms with Crippen molar-refractivity contribution in [1.82, 2.24) is 34.7 Å². The molecule has 1 aliphatic heterocycles. The van der Waals surface area contributed by atoms with Crippen LogP contribution in [0.25, 0.3) is 16.7 Å². The molecule has 0 bridgehead atoms. The van der Waals surface area contributed by atoms with E-state index < -0.39 is 17.7 Å². The molecule has 12 nitrogen and oxygen atoms in total. The lowest BCUT2D eigenvalue weighted by molar-refractivity contribution is 0.0222. The predicted molar refractivity (Wildman–Crippen MR) is 116 cm³/mol. The molecule has 170 valence electrons. The Morgan fingerprint density at radius 2 is 1.97 bits per heavy atom. The second kappa shape index (κ2) is 7.43. The number of hydrogen-bond acceptors (Lipinski definition) is 9. The van der Waals surface area contributed by atoms with Crippen LogP contribution in [0.1, 0.15) is 42.4 Å². The minimum atomic E-state index is -0.753. The molecule has 5 rings (SSSR count). The van der Waals surface area contributed by atoms with Crippen LogP contribution in [0, 0.1) is 0 Å². The highest BCUT2D eigenvalue weighted by Crippen LogP contribution is 2.24. The van der Waals surface area contributed by atoms with Crippen LogP contribution in [0.15, 0.2) is 30.5 Å². The Labute approximate surface area is 187 Å². The molecule has 0 aliphatic carbocycles. The van der Waals surface area contributed by atoms with Gasteiger partial charge in [-0.2, -0.15) is 0 Å². The third-order valence-electron chi connectivity index (χ3n) is 5.13. The molecule has 0 radical (unpaired) electrons. The van der Waals surface area contributed by atoms with Crippen molar-refractivity contribution in [2.24, 2.45) is 0 Å². The fourth-order valence-corrected chi connectivity index (χ4v) is 3.65. The van der Waals surface area contributed by atoms with Crippen LogP contribution >= 0.6 is 0 Å². The summed E-state index contributed by atoms with van der Waals surface area (Å²) in [5.41, 5.74) is 8.42. The summed E-state index contributed by atoms with van der Waals surface area (Å²) in [6.45, 7) is 6.23. The molecule has 4 aromatic rings. The van der Waals surface area contributed by atoms with Crippen LogP contribution in [0.2, 0.25) is 0 Å². The lowest BCUT2D eigenvalue weighted by Gasteiger charge is -2.30. The van der Waals surface area contributed by atoms with Crippen LogP contribution in [0.5, 0.6) is 0 Å². The number of fused-ring (bicyclic) bond motifs is 3. The highest BCUT2D eigenvalue weighted by molar-refractivity contribution is 6.01. The van der Waals surface area contributed by atoms with Crippen molar-refractivity contribution >= 4 is 34.6 Å². The first kappa shape index (κ1) is 20.7. The van der Waals surface area contributed by atoms with Crippen LogP contribution in [0.3, 0.4) is 0 Å². The number of benzene rings is 1. The number of carbonyl (C=O) groups excluding carboxylic acids is 2. The number of nitrogens with two attached hydrogens (primary N) is 1. The van der Waals surface area contributed by atoms with E-state index >= 15 is 0 Å². The summed E-state index contributed by atoms with van der Waals surface area (Å²) in [5.74, 6) is -0.778. The van der Waals surface area contributed by atoms with Crippen molar-refractivity contribution in [3.05, 3.63) is 47.3 Å². The van der Waals surface area contributed by atoms with Gasteiger partial charge in [0.1, 0.15) is 16.6 Å². The van der Waals surface area contributed by atoms with E-state index in [0.29, 0.717) is 30.5 Å². The van der Waals surface area contributed by atoms with Crippen LogP contribution in [-0.4, -0.2) is 58.9 Å². The number of amides is 1. The summed E-state index contributed by atoms with van der Waals surface area (Å²) in [6.07, 6.45) is 1.82. The van der Waals surface area contributed by atoms with E-state index in [1.54, 1.807) is 29.3 Å². The van der Waals surface area contributed by atoms with Crippen LogP contribution in [0.4, 0.5) is 10.6 Å². The van der Waals surface area contributed by atoms with Gasteiger partial charge in [-0.15, -0.1) is 10.2 Å². The monoisotopic (exact) mass is 450 g/mol. The third kappa shape index (κ3) is 3.79. The molecule has 0 unspecified atom stereocenters. The van der Waals surface area contributed by atoms with Gasteiger partial charge in [0.2, 0.25) is 0 Å². The van der Waals surface area contributed by atoms with Gasteiger partial charge in [-0.1, -0.05) is 17.0 Å². The molecule has 0 fully saturated rings. The molecule has 3 aromatic heterocycles. The number of rotatable bonds is 2. The Hall–Kier alpha value is -4.22. The SMILES string of the molecule is CC(C)(C)OC(=O)N1CCc2nc3c(C(=O)On4nnc5ccccc54)c(N)nn3cc2C1. The summed E-state index contributed by atoms with van der Waals surface area (Å²) in [6, 6.07) is 7.08. The first-order valence-electron chi connectivity index (χ1n) is 10.4. The molecule has 12 heteroatoms. The molecule has 1 aliphatic rings. The summed E-state index contributed by atoms with van der Waals surface area (Å²) >= 11 is 0. The Morgan fingerprint density at radius 3 is 2.76 bits per heavy atom. The smallest absolute Gasteiger partial charge is 0.410 e. The quantitative estimate of drug-likeness (QED) is 0.451. The zero-order chi connectivity index (χ0) is 23.3. The molecule has 0 saturated carbocycles. The van der Waals surface area contributed by atoms with Gasteiger partial charge in [0.25, 0.3) is 0 Å². The lowest BCUT2D eigenvalue weighted by atomic mass is 10.1. The number of aromatic nitrogens is 6. The van der Waals surface area contributed by atoms with E-state index in [4.69, 9.17) is 15.3 Å². The van der Waals surface area contributed by atoms with Crippen molar-refractivity contribution in [2.45, 2.75) is 39.3 Å². The zero-order valence-electron chi connectivity index (χ0n) is 18.3. The Morgan fingerprint density at radius 1 is 1.18 bits per heavy atom. The van der Waals surface area contributed by atoms with E-state index in [1.165, 1.54) is 4.52 Å². The van der Waals surface area contributed by atoms with Crippen LogP contribution < -0.4 is 10.6 Å². The van der Waals surface area contributed by atoms with E-state index in [0.717, 1.165) is 16.1 Å². The largest absolute Gasteiger partial charge is 0.444 e. The maximum Gasteiger partial charge on any atom is 0.410 e. The highest BCUT2D eigenvalue weighted by Gasteiger charge is 2.29. The average molecular weight is 450 g/mol. The van der Waals surface area contributed by atoms with E-state index in [2.05, 4.69) is 20.4 Å². The van der Waals surface area contributed by atoms with Gasteiger partial charge in [0.15, 0.2) is 17.0 Å². The fraction of sp³-hybridized carbons (Fsp3) is 0.333. The summed E-state index contributed by atoms with van der Waals surface area (Å²) in [5, 5.41) is 12.0. The summed E-state index contributed by atoms with van der Waals surface area (Å²) < 4.78 is 6.88. The topological polar surface area (TPSA) is 143 Å². The average Bonchev–Trinajstić information content (AvgIpc) is 3.30. The summed E-state index contributed by atoms with van der Waals surface area (Å²) in [4.78, 5) is 38.0. The second-order valence-electron chi connectivity index (χ2n) is 8.72. The molecular formula is C21H22N8O4. The van der Waals surface area contributed by atoms with Gasteiger partial charge >= 0.3 is 12.1 Å². The minimum Gasteiger partial charge on any atom is -0.444 e. The number of ether oxygens (including phenoxy) is 1. The van der Waals surface area contributed by atoms with Gasteiger partial charge in [-0.05, 0) is 38.1 Å². The Kier molecular flexibility index (Phi) is 4.65. The number of nitrogens with zero attached hydrogens (tertiary/aromatic N) is 7. The maximum absolute atomic E-state index is 12.9. The molecular weight excluding hydrogens is 428 g/mol. The van der Waals surface area contributed by atoms with Gasteiger partial charge in [-0.25, -0.2) is 19.1 Å². The predicted octanol–water partition coefficient (Wildman–Crippen LogP) is 1.62. The van der Waals surface area contributed by atoms with E-state index in [1.807, 2.05) is 26.8 Å². The molecule has 0 saturated heterocycles. The van der Waals surface area contributed by atoms with Crippen molar-refractivity contribution in [3.63, 3.8) is 0 Å². The third-order valence-corrected chi connectivity index (χ3v) is 5.13. The standard InChI is InChI=1S/C21H22N8O4/c1-21(2,3)32-20(31)27-9-8-13-12(10-27)11-28-18(23-13)16(17(22)25-28)19(30)33-29-15-7-5-4-6-14(15)24-26-29/h4-7,11H,8-10H2,1-3H3,(H2,22,25). The summed E-state index contributed by atoms with van der Waals surface area (Å²) in [7, 11) is 0. The highest BCUT2D eigenvalue weighted by atomic mass is 16.7. The molecule has 2 N–H and O–H groups in total. The van der Waals surface area contributed by atoms with Gasteiger partial charge in [0.05, 0.1) is 12.2 Å². The minimum absolute atomic E-state index is 0.0248. The molecule has 1 aromatic carbocycles.